The monoisotopic (exact) mass is 667 g/mol. The molecule has 0 fully saturated rings. The minimum absolute atomic E-state index is 0.0226. The maximum atomic E-state index is 14.4. The molecule has 0 saturated carbocycles. The molecule has 8 nitrogen and oxygen atoms in total. The number of rotatable bonds is 14. The van der Waals surface area contributed by atoms with Crippen LogP contribution in [0.3, 0.4) is 0 Å². The van der Waals surface area contributed by atoms with Gasteiger partial charge in [0.05, 0.1) is 17.2 Å². The SMILES string of the molecule is CCNC(=O)[C@H](Cc1ccccc1)N(Cc1ccccc1Cl)C(=O)CN(c1ccc(OCC)cc1)S(=O)(=O)c1ccc(Cl)cc1. The summed E-state index contributed by atoms with van der Waals surface area (Å²) in [6.45, 7) is 3.81. The molecular formula is C34H35Cl2N3O5S. The second kappa shape index (κ2) is 15.8. The molecule has 4 aromatic carbocycles. The maximum absolute atomic E-state index is 14.4. The van der Waals surface area contributed by atoms with Crippen LogP contribution in [0.5, 0.6) is 5.75 Å². The minimum Gasteiger partial charge on any atom is -0.494 e. The van der Waals surface area contributed by atoms with E-state index in [1.54, 1.807) is 55.5 Å². The number of carbonyl (C=O) groups excluding carboxylic acids is 2. The van der Waals surface area contributed by atoms with E-state index < -0.39 is 28.5 Å². The Balaban J connectivity index is 1.80. The Morgan fingerprint density at radius 3 is 2.11 bits per heavy atom. The van der Waals surface area contributed by atoms with Gasteiger partial charge in [0.25, 0.3) is 10.0 Å². The summed E-state index contributed by atoms with van der Waals surface area (Å²) in [5, 5.41) is 3.63. The average molecular weight is 669 g/mol. The molecule has 236 valence electrons. The van der Waals surface area contributed by atoms with Crippen molar-refractivity contribution < 1.29 is 22.7 Å². The van der Waals surface area contributed by atoms with E-state index in [1.807, 2.05) is 37.3 Å². The second-order valence-corrected chi connectivity index (χ2v) is 12.8. The Kier molecular flexibility index (Phi) is 11.9. The lowest BCUT2D eigenvalue weighted by Crippen LogP contribution is -2.53. The highest BCUT2D eigenvalue weighted by Crippen LogP contribution is 2.28. The van der Waals surface area contributed by atoms with Crippen LogP contribution in [0.15, 0.2) is 108 Å². The Morgan fingerprint density at radius 2 is 1.49 bits per heavy atom. The summed E-state index contributed by atoms with van der Waals surface area (Å²) in [5.41, 5.74) is 1.70. The number of nitrogens with zero attached hydrogens (tertiary/aromatic N) is 2. The Labute approximate surface area is 274 Å². The first-order valence-electron chi connectivity index (χ1n) is 14.5. The van der Waals surface area contributed by atoms with E-state index in [1.165, 1.54) is 29.2 Å². The van der Waals surface area contributed by atoms with E-state index in [2.05, 4.69) is 5.32 Å². The van der Waals surface area contributed by atoms with Crippen LogP contribution in [0.4, 0.5) is 5.69 Å². The van der Waals surface area contributed by atoms with Crippen LogP contribution in [0.2, 0.25) is 10.0 Å². The fourth-order valence-corrected chi connectivity index (χ4v) is 6.53. The Hall–Kier alpha value is -4.05. The predicted octanol–water partition coefficient (Wildman–Crippen LogP) is 6.36. The van der Waals surface area contributed by atoms with Gasteiger partial charge in [-0.3, -0.25) is 13.9 Å². The molecular weight excluding hydrogens is 633 g/mol. The number of carbonyl (C=O) groups is 2. The van der Waals surface area contributed by atoms with Gasteiger partial charge >= 0.3 is 0 Å². The normalized spacial score (nSPS) is 11.8. The van der Waals surface area contributed by atoms with Gasteiger partial charge in [-0.2, -0.15) is 0 Å². The predicted molar refractivity (Wildman–Crippen MR) is 178 cm³/mol. The van der Waals surface area contributed by atoms with Gasteiger partial charge in [0, 0.05) is 29.6 Å². The minimum atomic E-state index is -4.26. The van der Waals surface area contributed by atoms with Crippen molar-refractivity contribution in [2.45, 2.75) is 37.8 Å². The summed E-state index contributed by atoms with van der Waals surface area (Å²) in [6.07, 6.45) is 0.204. The topological polar surface area (TPSA) is 96.0 Å². The number of sulfonamides is 1. The Bertz CT molecular complexity index is 1690. The summed E-state index contributed by atoms with van der Waals surface area (Å²) in [7, 11) is -4.26. The fourth-order valence-electron chi connectivity index (χ4n) is 4.79. The molecule has 4 aromatic rings. The van der Waals surface area contributed by atoms with Crippen molar-refractivity contribution in [3.63, 3.8) is 0 Å². The van der Waals surface area contributed by atoms with E-state index in [0.717, 1.165) is 9.87 Å². The highest BCUT2D eigenvalue weighted by Gasteiger charge is 2.34. The van der Waals surface area contributed by atoms with Crippen molar-refractivity contribution in [3.05, 3.63) is 124 Å². The number of benzene rings is 4. The van der Waals surface area contributed by atoms with Crippen molar-refractivity contribution >= 4 is 50.7 Å². The highest BCUT2D eigenvalue weighted by atomic mass is 35.5. The molecule has 11 heteroatoms. The third kappa shape index (κ3) is 8.78. The van der Waals surface area contributed by atoms with E-state index in [-0.39, 0.29) is 29.5 Å². The second-order valence-electron chi connectivity index (χ2n) is 10.1. The van der Waals surface area contributed by atoms with Crippen LogP contribution in [0, 0.1) is 0 Å². The average Bonchev–Trinajstić information content (AvgIpc) is 3.03. The third-order valence-corrected chi connectivity index (χ3v) is 9.45. The number of ether oxygens (including phenoxy) is 1. The summed E-state index contributed by atoms with van der Waals surface area (Å²) >= 11 is 12.6. The number of hydrogen-bond donors (Lipinski definition) is 1. The van der Waals surface area contributed by atoms with Gasteiger partial charge in [-0.1, -0.05) is 71.7 Å². The van der Waals surface area contributed by atoms with Crippen LogP contribution in [-0.2, 0) is 32.6 Å². The molecule has 0 heterocycles. The first-order valence-corrected chi connectivity index (χ1v) is 16.7. The zero-order valence-corrected chi connectivity index (χ0v) is 27.4. The van der Waals surface area contributed by atoms with Crippen molar-refractivity contribution in [2.24, 2.45) is 0 Å². The van der Waals surface area contributed by atoms with Crippen LogP contribution < -0.4 is 14.4 Å². The van der Waals surface area contributed by atoms with E-state index in [9.17, 15) is 18.0 Å². The first kappa shape index (κ1) is 33.8. The molecule has 0 aliphatic carbocycles. The standard InChI is InChI=1S/C34H35Cl2N3O5S/c1-3-37-34(41)32(22-25-10-6-5-7-11-25)38(23-26-12-8-9-13-31(26)36)33(40)24-39(28-16-18-29(19-17-28)44-4-2)45(42,43)30-20-14-27(35)15-21-30/h5-21,32H,3-4,22-24H2,1-2H3,(H,37,41)/t32-/m0/s1. The van der Waals surface area contributed by atoms with Crippen LogP contribution >= 0.6 is 23.2 Å². The third-order valence-electron chi connectivity index (χ3n) is 7.04. The molecule has 0 aliphatic rings. The number of anilines is 1. The van der Waals surface area contributed by atoms with E-state index >= 15 is 0 Å². The number of hydrogen-bond acceptors (Lipinski definition) is 5. The maximum Gasteiger partial charge on any atom is 0.264 e. The number of halogens is 2. The quantitative estimate of drug-likeness (QED) is 0.169. The van der Waals surface area contributed by atoms with Crippen molar-refractivity contribution in [3.8, 4) is 5.75 Å². The molecule has 1 N–H and O–H groups in total. The molecule has 0 unspecified atom stereocenters. The van der Waals surface area contributed by atoms with Gasteiger partial charge in [-0.15, -0.1) is 0 Å². The molecule has 1 atom stereocenters. The Morgan fingerprint density at radius 1 is 0.844 bits per heavy atom. The van der Waals surface area contributed by atoms with Gasteiger partial charge in [-0.25, -0.2) is 8.42 Å². The van der Waals surface area contributed by atoms with Crippen LogP contribution in [-0.4, -0.2) is 50.9 Å². The lowest BCUT2D eigenvalue weighted by Gasteiger charge is -2.34. The highest BCUT2D eigenvalue weighted by molar-refractivity contribution is 7.92. The van der Waals surface area contributed by atoms with E-state index in [4.69, 9.17) is 27.9 Å². The smallest absolute Gasteiger partial charge is 0.264 e. The molecule has 0 bridgehead atoms. The van der Waals surface area contributed by atoms with Gasteiger partial charge in [-0.05, 0) is 79.6 Å². The van der Waals surface area contributed by atoms with E-state index in [0.29, 0.717) is 34.5 Å². The van der Waals surface area contributed by atoms with Crippen molar-refractivity contribution in [1.82, 2.24) is 10.2 Å². The molecule has 0 saturated heterocycles. The summed E-state index contributed by atoms with van der Waals surface area (Å²) in [4.78, 5) is 29.4. The first-order chi connectivity index (χ1) is 21.6. The molecule has 0 aromatic heterocycles. The number of amides is 2. The lowest BCUT2D eigenvalue weighted by molar-refractivity contribution is -0.140. The van der Waals surface area contributed by atoms with Gasteiger partial charge in [0.15, 0.2) is 0 Å². The molecule has 0 spiro atoms. The summed E-state index contributed by atoms with van der Waals surface area (Å²) < 4.78 is 34.8. The zero-order chi connectivity index (χ0) is 32.4. The molecule has 45 heavy (non-hydrogen) atoms. The fraction of sp³-hybridized carbons (Fsp3) is 0.235. The zero-order valence-electron chi connectivity index (χ0n) is 25.0. The van der Waals surface area contributed by atoms with Crippen molar-refractivity contribution in [2.75, 3.05) is 24.0 Å². The summed E-state index contributed by atoms with van der Waals surface area (Å²) in [6, 6.07) is 27.6. The number of nitrogens with one attached hydrogen (secondary N) is 1. The summed E-state index contributed by atoms with van der Waals surface area (Å²) in [5.74, 6) is -0.403. The number of likely N-dealkylation sites (N-methyl/N-ethyl adjacent to an activating group) is 1. The molecule has 0 aliphatic heterocycles. The largest absolute Gasteiger partial charge is 0.494 e. The van der Waals surface area contributed by atoms with Gasteiger partial charge < -0.3 is 15.0 Å². The van der Waals surface area contributed by atoms with Crippen LogP contribution in [0.25, 0.3) is 0 Å². The molecule has 2 amide bonds. The van der Waals surface area contributed by atoms with Crippen LogP contribution in [0.1, 0.15) is 25.0 Å². The molecule has 0 radical (unpaired) electrons. The van der Waals surface area contributed by atoms with Crippen molar-refractivity contribution in [1.29, 1.82) is 0 Å². The lowest BCUT2D eigenvalue weighted by atomic mass is 10.0. The van der Waals surface area contributed by atoms with Gasteiger partial charge in [0.1, 0.15) is 18.3 Å². The molecule has 4 rings (SSSR count). The van der Waals surface area contributed by atoms with Gasteiger partial charge in [0.2, 0.25) is 11.8 Å².